The van der Waals surface area contributed by atoms with Crippen LogP contribution in [0, 0.1) is 5.92 Å². The second kappa shape index (κ2) is 6.71. The van der Waals surface area contributed by atoms with Gasteiger partial charge in [-0.15, -0.1) is 11.3 Å². The summed E-state index contributed by atoms with van der Waals surface area (Å²) in [5.74, 6) is -1.01. The average molecular weight is 310 g/mol. The maximum Gasteiger partial charge on any atom is 0.303 e. The van der Waals surface area contributed by atoms with Crippen LogP contribution in [0.3, 0.4) is 0 Å². The molecular formula is C14H18N2O4S. The third kappa shape index (κ3) is 4.29. The fourth-order valence-electron chi connectivity index (χ4n) is 2.41. The van der Waals surface area contributed by atoms with Crippen molar-refractivity contribution in [1.29, 1.82) is 0 Å². The quantitative estimate of drug-likeness (QED) is 0.828. The molecule has 1 saturated heterocycles. The van der Waals surface area contributed by atoms with Gasteiger partial charge in [0.05, 0.1) is 18.9 Å². The highest BCUT2D eigenvalue weighted by Gasteiger charge is 2.33. The Balaban J connectivity index is 1.88. The molecule has 21 heavy (non-hydrogen) atoms. The zero-order valence-electron chi connectivity index (χ0n) is 11.7. The molecule has 2 heterocycles. The van der Waals surface area contributed by atoms with Gasteiger partial charge in [-0.2, -0.15) is 0 Å². The molecule has 2 rings (SSSR count). The number of hydrogen-bond donors (Lipinski definition) is 2. The first kappa shape index (κ1) is 15.5. The van der Waals surface area contributed by atoms with Crippen molar-refractivity contribution in [3.63, 3.8) is 0 Å². The van der Waals surface area contributed by atoms with Crippen LogP contribution >= 0.6 is 11.3 Å². The van der Waals surface area contributed by atoms with Gasteiger partial charge in [0, 0.05) is 30.8 Å². The summed E-state index contributed by atoms with van der Waals surface area (Å²) >= 11 is 1.50. The monoisotopic (exact) mass is 310 g/mol. The van der Waals surface area contributed by atoms with E-state index in [2.05, 4.69) is 5.32 Å². The molecule has 0 aliphatic carbocycles. The van der Waals surface area contributed by atoms with Crippen molar-refractivity contribution in [2.75, 3.05) is 13.1 Å². The molecule has 1 aromatic rings. The number of nitrogens with one attached hydrogen (secondary N) is 1. The molecule has 0 aromatic carbocycles. The Bertz CT molecular complexity index is 523. The van der Waals surface area contributed by atoms with Crippen molar-refractivity contribution in [2.24, 2.45) is 5.92 Å². The molecule has 1 unspecified atom stereocenters. The first-order chi connectivity index (χ1) is 9.95. The number of carbonyl (C=O) groups excluding carboxylic acids is 2. The van der Waals surface area contributed by atoms with Crippen LogP contribution in [0.25, 0.3) is 0 Å². The minimum absolute atomic E-state index is 0.0485. The van der Waals surface area contributed by atoms with Crippen LogP contribution in [0.5, 0.6) is 0 Å². The number of likely N-dealkylation sites (tertiary alicyclic amines) is 1. The highest BCUT2D eigenvalue weighted by Crippen LogP contribution is 2.26. The van der Waals surface area contributed by atoms with Gasteiger partial charge in [-0.05, 0) is 11.4 Å². The Kier molecular flexibility index (Phi) is 4.95. The third-order valence-electron chi connectivity index (χ3n) is 3.42. The second-order valence-electron chi connectivity index (χ2n) is 5.24. The van der Waals surface area contributed by atoms with Crippen molar-refractivity contribution in [3.8, 4) is 0 Å². The predicted octanol–water partition coefficient (Wildman–Crippen LogP) is 1.25. The van der Waals surface area contributed by atoms with Crippen molar-refractivity contribution in [3.05, 3.63) is 22.4 Å². The van der Waals surface area contributed by atoms with E-state index in [1.165, 1.54) is 18.3 Å². The summed E-state index contributed by atoms with van der Waals surface area (Å²) in [7, 11) is 0. The molecule has 0 bridgehead atoms. The smallest absolute Gasteiger partial charge is 0.303 e. The van der Waals surface area contributed by atoms with Gasteiger partial charge in [-0.3, -0.25) is 14.4 Å². The first-order valence-corrected chi connectivity index (χ1v) is 7.63. The number of carboxylic acid groups (broad SMARTS) is 1. The summed E-state index contributed by atoms with van der Waals surface area (Å²) in [5, 5.41) is 13.4. The molecule has 2 N–H and O–H groups in total. The lowest BCUT2D eigenvalue weighted by Crippen LogP contribution is -2.51. The van der Waals surface area contributed by atoms with E-state index in [4.69, 9.17) is 5.11 Å². The molecule has 1 fully saturated rings. The van der Waals surface area contributed by atoms with Crippen LogP contribution in [0.1, 0.15) is 30.7 Å². The molecule has 1 aromatic heterocycles. The van der Waals surface area contributed by atoms with Gasteiger partial charge in [0.2, 0.25) is 11.8 Å². The van der Waals surface area contributed by atoms with Gasteiger partial charge in [0.1, 0.15) is 0 Å². The molecule has 1 aliphatic heterocycles. The Hall–Kier alpha value is -1.89. The zero-order valence-corrected chi connectivity index (χ0v) is 12.6. The standard InChI is InChI=1S/C14H18N2O4S/c1-9(17)15-11(12-3-2-4-21-12)6-13(18)16-7-10(8-16)5-14(19)20/h2-4,10-11H,5-8H2,1H3,(H,15,17)(H,19,20). The lowest BCUT2D eigenvalue weighted by atomic mass is 9.95. The molecule has 6 nitrogen and oxygen atoms in total. The lowest BCUT2D eigenvalue weighted by Gasteiger charge is -2.39. The van der Waals surface area contributed by atoms with Gasteiger partial charge in [0.25, 0.3) is 0 Å². The van der Waals surface area contributed by atoms with Crippen LogP contribution in [0.4, 0.5) is 0 Å². The predicted molar refractivity (Wildman–Crippen MR) is 77.8 cm³/mol. The summed E-state index contributed by atoms with van der Waals surface area (Å²) in [5.41, 5.74) is 0. The molecule has 0 spiro atoms. The number of amides is 2. The summed E-state index contributed by atoms with van der Waals surface area (Å²) in [6.45, 7) is 2.41. The largest absolute Gasteiger partial charge is 0.481 e. The highest BCUT2D eigenvalue weighted by molar-refractivity contribution is 7.10. The number of rotatable bonds is 6. The Morgan fingerprint density at radius 3 is 2.71 bits per heavy atom. The van der Waals surface area contributed by atoms with E-state index in [-0.39, 0.29) is 36.6 Å². The number of carbonyl (C=O) groups is 3. The van der Waals surface area contributed by atoms with Gasteiger partial charge >= 0.3 is 5.97 Å². The Morgan fingerprint density at radius 2 is 2.19 bits per heavy atom. The van der Waals surface area contributed by atoms with Gasteiger partial charge < -0.3 is 15.3 Å². The number of aliphatic carboxylic acids is 1. The molecule has 1 atom stereocenters. The van der Waals surface area contributed by atoms with Crippen LogP contribution in [-0.4, -0.2) is 40.9 Å². The number of carboxylic acids is 1. The third-order valence-corrected chi connectivity index (χ3v) is 4.40. The molecule has 2 amide bonds. The van der Waals surface area contributed by atoms with Crippen LogP contribution in [0.15, 0.2) is 17.5 Å². The number of nitrogens with zero attached hydrogens (tertiary/aromatic N) is 1. The van der Waals surface area contributed by atoms with Gasteiger partial charge in [0.15, 0.2) is 0 Å². The van der Waals surface area contributed by atoms with Crippen molar-refractivity contribution in [2.45, 2.75) is 25.8 Å². The molecule has 0 saturated carbocycles. The first-order valence-electron chi connectivity index (χ1n) is 6.75. The van der Waals surface area contributed by atoms with Crippen LogP contribution in [0.2, 0.25) is 0 Å². The van der Waals surface area contributed by atoms with E-state index in [9.17, 15) is 14.4 Å². The van der Waals surface area contributed by atoms with Crippen molar-refractivity contribution < 1.29 is 19.5 Å². The zero-order chi connectivity index (χ0) is 15.4. The minimum atomic E-state index is -0.832. The Labute approximate surface area is 126 Å². The fourth-order valence-corrected chi connectivity index (χ4v) is 3.19. The molecular weight excluding hydrogens is 292 g/mol. The normalized spacial score (nSPS) is 16.1. The van der Waals surface area contributed by atoms with E-state index in [0.29, 0.717) is 13.1 Å². The highest BCUT2D eigenvalue weighted by atomic mass is 32.1. The minimum Gasteiger partial charge on any atom is -0.481 e. The Morgan fingerprint density at radius 1 is 1.48 bits per heavy atom. The maximum absolute atomic E-state index is 12.2. The summed E-state index contributed by atoms with van der Waals surface area (Å²) in [6, 6.07) is 3.46. The summed E-state index contributed by atoms with van der Waals surface area (Å²) in [6.07, 6.45) is 0.309. The van der Waals surface area contributed by atoms with Crippen LogP contribution in [-0.2, 0) is 14.4 Å². The number of thiophene rings is 1. The molecule has 0 radical (unpaired) electrons. The van der Waals surface area contributed by atoms with Crippen molar-refractivity contribution >= 4 is 29.1 Å². The fraction of sp³-hybridized carbons (Fsp3) is 0.500. The topological polar surface area (TPSA) is 86.7 Å². The average Bonchev–Trinajstić information content (AvgIpc) is 2.85. The summed E-state index contributed by atoms with van der Waals surface area (Å²) in [4.78, 5) is 36.6. The molecule has 1 aliphatic rings. The van der Waals surface area contributed by atoms with Crippen LogP contribution < -0.4 is 5.32 Å². The summed E-state index contributed by atoms with van der Waals surface area (Å²) < 4.78 is 0. The lowest BCUT2D eigenvalue weighted by molar-refractivity contribution is -0.145. The number of hydrogen-bond acceptors (Lipinski definition) is 4. The van der Waals surface area contributed by atoms with E-state index in [1.54, 1.807) is 4.90 Å². The van der Waals surface area contributed by atoms with E-state index in [1.807, 2.05) is 17.5 Å². The SMILES string of the molecule is CC(=O)NC(CC(=O)N1CC(CC(=O)O)C1)c1cccs1. The van der Waals surface area contributed by atoms with E-state index < -0.39 is 5.97 Å². The van der Waals surface area contributed by atoms with Gasteiger partial charge in [-0.25, -0.2) is 0 Å². The second-order valence-corrected chi connectivity index (χ2v) is 6.21. The maximum atomic E-state index is 12.2. The molecule has 114 valence electrons. The van der Waals surface area contributed by atoms with Crippen molar-refractivity contribution in [1.82, 2.24) is 10.2 Å². The van der Waals surface area contributed by atoms with E-state index >= 15 is 0 Å². The van der Waals surface area contributed by atoms with Gasteiger partial charge in [-0.1, -0.05) is 6.07 Å². The van der Waals surface area contributed by atoms with E-state index in [0.717, 1.165) is 4.88 Å². The molecule has 7 heteroatoms.